The van der Waals surface area contributed by atoms with E-state index in [2.05, 4.69) is 157 Å². The third-order valence-corrected chi connectivity index (χ3v) is 10.4. The van der Waals surface area contributed by atoms with Crippen LogP contribution in [0.2, 0.25) is 0 Å². The highest BCUT2D eigenvalue weighted by molar-refractivity contribution is 7.23. The van der Waals surface area contributed by atoms with Gasteiger partial charge in [0.1, 0.15) is 0 Å². The van der Waals surface area contributed by atoms with Crippen LogP contribution in [0.1, 0.15) is 82.4 Å². The van der Waals surface area contributed by atoms with Gasteiger partial charge in [0, 0.05) is 23.0 Å². The third-order valence-electron chi connectivity index (χ3n) is 9.15. The highest BCUT2D eigenvalue weighted by Gasteiger charge is 2.24. The van der Waals surface area contributed by atoms with Gasteiger partial charge in [-0.1, -0.05) is 169 Å². The molecule has 3 unspecified atom stereocenters. The van der Waals surface area contributed by atoms with Crippen molar-refractivity contribution in [1.82, 2.24) is 10.6 Å². The van der Waals surface area contributed by atoms with Gasteiger partial charge in [0.25, 0.3) is 0 Å². The number of para-hydroxylation sites is 1. The van der Waals surface area contributed by atoms with E-state index in [1.165, 1.54) is 53.8 Å². The second-order valence-electron chi connectivity index (χ2n) is 12.1. The molecule has 4 N–H and O–H groups in total. The highest BCUT2D eigenvalue weighted by atomic mass is 32.1. The number of thiophene rings is 1. The van der Waals surface area contributed by atoms with Gasteiger partial charge < -0.3 is 16.0 Å². The Balaban J connectivity index is 0.000000211. The summed E-state index contributed by atoms with van der Waals surface area (Å²) < 4.78 is 1.37. The predicted octanol–water partition coefficient (Wildman–Crippen LogP) is 12.9. The maximum Gasteiger partial charge on any atom is 0.0995 e. The quantitative estimate of drug-likeness (QED) is 0.155. The van der Waals surface area contributed by atoms with Crippen molar-refractivity contribution in [3.63, 3.8) is 0 Å². The lowest BCUT2D eigenvalue weighted by Crippen LogP contribution is -2.43. The molecule has 5 heteroatoms. The lowest BCUT2D eigenvalue weighted by molar-refractivity contribution is 0.402. The van der Waals surface area contributed by atoms with Crippen molar-refractivity contribution in [2.45, 2.75) is 72.6 Å². The van der Waals surface area contributed by atoms with Crippen molar-refractivity contribution in [2.24, 2.45) is 5.73 Å². The van der Waals surface area contributed by atoms with E-state index >= 15 is 0 Å². The van der Waals surface area contributed by atoms with Gasteiger partial charge in [-0.25, -0.2) is 0 Å². The zero-order valence-corrected chi connectivity index (χ0v) is 33.5. The molecule has 0 saturated carbocycles. The molecule has 4 nitrogen and oxygen atoms in total. The van der Waals surface area contributed by atoms with Crippen LogP contribution in [-0.2, 0) is 6.42 Å². The fourth-order valence-corrected chi connectivity index (χ4v) is 7.95. The first-order valence-corrected chi connectivity index (χ1v) is 20.0. The van der Waals surface area contributed by atoms with Gasteiger partial charge in [-0.3, -0.25) is 5.32 Å². The first kappa shape index (κ1) is 40.8. The SMILES string of the molecule is C=C1CCc2c(sc3ccccc23)N(C)c2ccccc21.CC.CC.CC.NC(NC(c1ccccc1)C1C=CC=CN1)c1cccc2ccccc12. The molecular formula is C48H58N4S. The summed E-state index contributed by atoms with van der Waals surface area (Å²) in [5.41, 5.74) is 14.2. The second-order valence-corrected chi connectivity index (χ2v) is 13.1. The van der Waals surface area contributed by atoms with E-state index in [-0.39, 0.29) is 18.2 Å². The Morgan fingerprint density at radius 2 is 1.38 bits per heavy atom. The monoisotopic (exact) mass is 722 g/mol. The van der Waals surface area contributed by atoms with E-state index in [0.29, 0.717) is 0 Å². The lowest BCUT2D eigenvalue weighted by atomic mass is 9.95. The molecule has 0 bridgehead atoms. The second kappa shape index (κ2) is 20.9. The summed E-state index contributed by atoms with van der Waals surface area (Å²) in [4.78, 5) is 2.33. The number of hydrogen-bond acceptors (Lipinski definition) is 5. The van der Waals surface area contributed by atoms with Gasteiger partial charge in [0.2, 0.25) is 0 Å². The Labute approximate surface area is 322 Å². The molecule has 276 valence electrons. The molecule has 2 aliphatic heterocycles. The van der Waals surface area contributed by atoms with E-state index in [1.54, 1.807) is 0 Å². The van der Waals surface area contributed by atoms with E-state index in [1.807, 2.05) is 71.2 Å². The summed E-state index contributed by atoms with van der Waals surface area (Å²) in [7, 11) is 2.17. The zero-order chi connectivity index (χ0) is 38.2. The number of hydrogen-bond donors (Lipinski definition) is 3. The largest absolute Gasteiger partial charge is 0.383 e. The maximum absolute atomic E-state index is 6.63. The normalized spacial score (nSPS) is 15.1. The standard InChI is InChI=1S/C23H23N3.C19H17NS.3C2H6/c24-23(20-14-8-12-17-9-4-5-13-19(17)20)26-22(18-10-2-1-3-11-18)21-15-6-7-16-25-21;1-13-11-12-16-15-8-4-6-10-18(15)21-19(16)20(2)17-9-5-3-7-14(13)17;3*1-2/h1-16,21-23,25-26H,24H2;3-10H,1,11-12H2,2H3;3*1-2H3. The average Bonchev–Trinajstić information content (AvgIpc) is 3.62. The fourth-order valence-electron chi connectivity index (χ4n) is 6.72. The molecule has 0 fully saturated rings. The van der Waals surface area contributed by atoms with E-state index in [4.69, 9.17) is 5.73 Å². The van der Waals surface area contributed by atoms with Crippen LogP contribution in [0.25, 0.3) is 26.4 Å². The van der Waals surface area contributed by atoms with Crippen LogP contribution in [0, 0.1) is 0 Å². The molecule has 3 heterocycles. The first-order chi connectivity index (χ1) is 26.1. The van der Waals surface area contributed by atoms with Crippen molar-refractivity contribution in [3.05, 3.63) is 175 Å². The lowest BCUT2D eigenvalue weighted by Gasteiger charge is -2.31. The molecule has 2 aliphatic rings. The van der Waals surface area contributed by atoms with Crippen LogP contribution in [0.4, 0.5) is 10.7 Å². The van der Waals surface area contributed by atoms with Crippen molar-refractivity contribution in [1.29, 1.82) is 0 Å². The van der Waals surface area contributed by atoms with Gasteiger partial charge in [-0.05, 0) is 75.7 Å². The Kier molecular flexibility index (Phi) is 16.1. The van der Waals surface area contributed by atoms with E-state index in [9.17, 15) is 0 Å². The number of aryl methyl sites for hydroxylation is 1. The molecule has 8 rings (SSSR count). The molecule has 5 aromatic carbocycles. The van der Waals surface area contributed by atoms with E-state index < -0.39 is 0 Å². The Bertz CT molecular complexity index is 2070. The van der Waals surface area contributed by atoms with E-state index in [0.717, 1.165) is 18.4 Å². The summed E-state index contributed by atoms with van der Waals surface area (Å²) in [6.45, 7) is 16.3. The van der Waals surface area contributed by atoms with Gasteiger partial charge in [0.15, 0.2) is 0 Å². The Hall–Kier alpha value is -4.94. The molecule has 0 spiro atoms. The molecule has 6 aromatic rings. The number of benzene rings is 5. The molecule has 0 aliphatic carbocycles. The van der Waals surface area contributed by atoms with Gasteiger partial charge >= 0.3 is 0 Å². The summed E-state index contributed by atoms with van der Waals surface area (Å²) in [5, 5.41) is 12.2. The minimum atomic E-state index is -0.271. The van der Waals surface area contributed by atoms with Crippen molar-refractivity contribution < 1.29 is 0 Å². The predicted molar refractivity (Wildman–Crippen MR) is 236 cm³/mol. The maximum atomic E-state index is 6.63. The molecule has 0 radical (unpaired) electrons. The summed E-state index contributed by atoms with van der Waals surface area (Å²) in [5.74, 6) is 0. The number of allylic oxidation sites excluding steroid dienone is 3. The van der Waals surface area contributed by atoms with Crippen LogP contribution in [-0.4, -0.2) is 13.1 Å². The van der Waals surface area contributed by atoms with Gasteiger partial charge in [-0.15, -0.1) is 11.3 Å². The highest BCUT2D eigenvalue weighted by Crippen LogP contribution is 2.45. The Morgan fingerprint density at radius 3 is 2.11 bits per heavy atom. The minimum absolute atomic E-state index is 0.0615. The number of fused-ring (bicyclic) bond motifs is 5. The topological polar surface area (TPSA) is 53.3 Å². The van der Waals surface area contributed by atoms with Gasteiger partial charge in [0.05, 0.1) is 23.3 Å². The van der Waals surface area contributed by atoms with Crippen molar-refractivity contribution in [2.75, 3.05) is 11.9 Å². The summed E-state index contributed by atoms with van der Waals surface area (Å²) in [6.07, 6.45) is 10.0. The first-order valence-electron chi connectivity index (χ1n) is 19.2. The number of anilines is 2. The smallest absolute Gasteiger partial charge is 0.0995 e. The third kappa shape index (κ3) is 9.74. The number of nitrogens with zero attached hydrogens (tertiary/aromatic N) is 1. The number of dihydropyridines is 1. The number of nitrogens with one attached hydrogen (secondary N) is 2. The Morgan fingerprint density at radius 1 is 0.736 bits per heavy atom. The molecule has 0 amide bonds. The summed E-state index contributed by atoms with van der Waals surface area (Å²) >= 11 is 1.89. The van der Waals surface area contributed by atoms with Crippen molar-refractivity contribution >= 4 is 48.5 Å². The van der Waals surface area contributed by atoms with Crippen LogP contribution in [0.5, 0.6) is 0 Å². The van der Waals surface area contributed by atoms with Crippen LogP contribution in [0.3, 0.4) is 0 Å². The average molecular weight is 723 g/mol. The zero-order valence-electron chi connectivity index (χ0n) is 32.6. The fraction of sp³-hybridized carbons (Fsp3) is 0.250. The number of nitrogens with two attached hydrogens (primary N) is 1. The molecule has 53 heavy (non-hydrogen) atoms. The van der Waals surface area contributed by atoms with Crippen molar-refractivity contribution in [3.8, 4) is 0 Å². The molecule has 0 saturated heterocycles. The van der Waals surface area contributed by atoms with Crippen LogP contribution in [0.15, 0.2) is 152 Å². The molecule has 1 aromatic heterocycles. The van der Waals surface area contributed by atoms with Crippen LogP contribution >= 0.6 is 11.3 Å². The molecular weight excluding hydrogens is 665 g/mol. The number of rotatable bonds is 5. The summed E-state index contributed by atoms with van der Waals surface area (Å²) in [6, 6.07) is 42.6. The van der Waals surface area contributed by atoms with Gasteiger partial charge in [-0.2, -0.15) is 0 Å². The van der Waals surface area contributed by atoms with Crippen LogP contribution < -0.4 is 21.3 Å². The minimum Gasteiger partial charge on any atom is -0.383 e. The molecule has 3 atom stereocenters.